The number of hydrogen-bond donors (Lipinski definition) is 2. The summed E-state index contributed by atoms with van der Waals surface area (Å²) >= 11 is 0. The maximum Gasteiger partial charge on any atom is 0.240 e. The van der Waals surface area contributed by atoms with Crippen molar-refractivity contribution in [3.63, 3.8) is 0 Å². The predicted octanol–water partition coefficient (Wildman–Crippen LogP) is 3.64. The number of methoxy groups -OCH3 is 1. The SMILES string of the molecule is COc1ccc(C)cc1NC(=O)C1(C(=O)Nc2ccc(F)c(F)c2)CC1. The molecule has 136 valence electrons. The first-order valence-electron chi connectivity index (χ1n) is 8.08. The van der Waals surface area contributed by atoms with E-state index < -0.39 is 28.9 Å². The molecule has 1 aliphatic carbocycles. The Labute approximate surface area is 149 Å². The Bertz CT molecular complexity index is 879. The number of rotatable bonds is 5. The number of anilines is 2. The molecule has 1 saturated carbocycles. The van der Waals surface area contributed by atoms with Crippen molar-refractivity contribution in [1.29, 1.82) is 0 Å². The summed E-state index contributed by atoms with van der Waals surface area (Å²) in [5, 5.41) is 5.22. The molecule has 0 radical (unpaired) electrons. The first kappa shape index (κ1) is 17.8. The molecule has 0 spiro atoms. The molecule has 0 aliphatic heterocycles. The second-order valence-corrected chi connectivity index (χ2v) is 6.32. The molecule has 0 aromatic heterocycles. The Morgan fingerprint density at radius 3 is 2.31 bits per heavy atom. The molecule has 0 bridgehead atoms. The molecule has 2 amide bonds. The Morgan fingerprint density at radius 2 is 1.69 bits per heavy atom. The van der Waals surface area contributed by atoms with Gasteiger partial charge in [-0.1, -0.05) is 6.07 Å². The Hall–Kier alpha value is -2.96. The summed E-state index contributed by atoms with van der Waals surface area (Å²) in [6.07, 6.45) is 0.755. The third kappa shape index (κ3) is 3.37. The van der Waals surface area contributed by atoms with Gasteiger partial charge in [0.15, 0.2) is 11.6 Å². The van der Waals surface area contributed by atoms with Crippen molar-refractivity contribution in [2.24, 2.45) is 5.41 Å². The molecule has 3 rings (SSSR count). The number of carbonyl (C=O) groups excluding carboxylic acids is 2. The van der Waals surface area contributed by atoms with Crippen molar-refractivity contribution in [3.05, 3.63) is 53.6 Å². The van der Waals surface area contributed by atoms with E-state index in [4.69, 9.17) is 4.74 Å². The van der Waals surface area contributed by atoms with Gasteiger partial charge in [0.1, 0.15) is 11.2 Å². The highest BCUT2D eigenvalue weighted by molar-refractivity contribution is 6.17. The van der Waals surface area contributed by atoms with Crippen molar-refractivity contribution in [2.45, 2.75) is 19.8 Å². The topological polar surface area (TPSA) is 67.4 Å². The zero-order valence-electron chi connectivity index (χ0n) is 14.4. The minimum Gasteiger partial charge on any atom is -0.495 e. The number of benzene rings is 2. The lowest BCUT2D eigenvalue weighted by Crippen LogP contribution is -2.35. The summed E-state index contributed by atoms with van der Waals surface area (Å²) in [7, 11) is 1.49. The van der Waals surface area contributed by atoms with Crippen molar-refractivity contribution in [3.8, 4) is 5.75 Å². The van der Waals surface area contributed by atoms with Crippen LogP contribution in [0.5, 0.6) is 5.75 Å². The monoisotopic (exact) mass is 360 g/mol. The average molecular weight is 360 g/mol. The van der Waals surface area contributed by atoms with Gasteiger partial charge in [-0.15, -0.1) is 0 Å². The zero-order valence-corrected chi connectivity index (χ0v) is 14.4. The van der Waals surface area contributed by atoms with Crippen molar-refractivity contribution < 1.29 is 23.1 Å². The summed E-state index contributed by atoms with van der Waals surface area (Å²) in [4.78, 5) is 25.2. The fourth-order valence-corrected chi connectivity index (χ4v) is 2.67. The Balaban J connectivity index is 1.75. The summed E-state index contributed by atoms with van der Waals surface area (Å²) < 4.78 is 31.5. The van der Waals surface area contributed by atoms with Crippen LogP contribution in [0, 0.1) is 24.0 Å². The molecule has 1 aliphatic rings. The maximum atomic E-state index is 13.3. The van der Waals surface area contributed by atoms with Crippen molar-refractivity contribution >= 4 is 23.2 Å². The van der Waals surface area contributed by atoms with Crippen LogP contribution in [0.15, 0.2) is 36.4 Å². The molecule has 0 atom stereocenters. The molecule has 1 fully saturated rings. The lowest BCUT2D eigenvalue weighted by molar-refractivity contribution is -0.131. The number of halogens is 2. The third-order valence-electron chi connectivity index (χ3n) is 4.40. The summed E-state index contributed by atoms with van der Waals surface area (Å²) in [6, 6.07) is 8.37. The van der Waals surface area contributed by atoms with Crippen LogP contribution in [0.4, 0.5) is 20.2 Å². The quantitative estimate of drug-likeness (QED) is 0.800. The summed E-state index contributed by atoms with van der Waals surface area (Å²) in [5.74, 6) is -2.59. The van der Waals surface area contributed by atoms with Gasteiger partial charge in [-0.3, -0.25) is 9.59 Å². The Kier molecular flexibility index (Phi) is 4.63. The average Bonchev–Trinajstić information content (AvgIpc) is 3.40. The van der Waals surface area contributed by atoms with E-state index in [1.165, 1.54) is 13.2 Å². The number of carbonyl (C=O) groups is 2. The normalized spacial score (nSPS) is 14.5. The number of nitrogens with one attached hydrogen (secondary N) is 2. The van der Waals surface area contributed by atoms with E-state index in [2.05, 4.69) is 10.6 Å². The first-order valence-corrected chi connectivity index (χ1v) is 8.08. The van der Waals surface area contributed by atoms with Gasteiger partial charge in [0.2, 0.25) is 11.8 Å². The summed E-state index contributed by atoms with van der Waals surface area (Å²) in [5.41, 5.74) is 0.280. The number of ether oxygens (including phenoxy) is 1. The van der Waals surface area contributed by atoms with Crippen molar-refractivity contribution in [2.75, 3.05) is 17.7 Å². The van der Waals surface area contributed by atoms with Crippen LogP contribution in [0.25, 0.3) is 0 Å². The van der Waals surface area contributed by atoms with Gasteiger partial charge in [0.25, 0.3) is 0 Å². The standard InChI is InChI=1S/C19H18F2N2O3/c1-11-3-6-16(26-2)15(9-11)23-18(25)19(7-8-19)17(24)22-12-4-5-13(20)14(21)10-12/h3-6,9-10H,7-8H2,1-2H3,(H,22,24)(H,23,25). The van der Waals surface area contributed by atoms with Gasteiger partial charge in [-0.05, 0) is 49.6 Å². The van der Waals surface area contributed by atoms with Gasteiger partial charge >= 0.3 is 0 Å². The lowest BCUT2D eigenvalue weighted by Gasteiger charge is -2.17. The second-order valence-electron chi connectivity index (χ2n) is 6.32. The maximum absolute atomic E-state index is 13.3. The highest BCUT2D eigenvalue weighted by Crippen LogP contribution is 2.48. The number of hydrogen-bond acceptors (Lipinski definition) is 3. The van der Waals surface area contributed by atoms with E-state index in [0.717, 1.165) is 17.7 Å². The molecular formula is C19H18F2N2O3. The molecule has 2 aromatic rings. The van der Waals surface area contributed by atoms with E-state index in [1.54, 1.807) is 12.1 Å². The highest BCUT2D eigenvalue weighted by Gasteiger charge is 2.56. The molecule has 0 unspecified atom stereocenters. The van der Waals surface area contributed by atoms with Gasteiger partial charge in [0.05, 0.1) is 12.8 Å². The van der Waals surface area contributed by atoms with Gasteiger partial charge in [-0.25, -0.2) is 8.78 Å². The van der Waals surface area contributed by atoms with Crippen LogP contribution in [0.1, 0.15) is 18.4 Å². The fourth-order valence-electron chi connectivity index (χ4n) is 2.67. The molecule has 2 aromatic carbocycles. The molecular weight excluding hydrogens is 342 g/mol. The molecule has 0 saturated heterocycles. The lowest BCUT2D eigenvalue weighted by atomic mass is 10.0. The minimum absolute atomic E-state index is 0.0983. The summed E-state index contributed by atoms with van der Waals surface area (Å²) in [6.45, 7) is 1.87. The molecule has 7 heteroatoms. The number of amides is 2. The van der Waals surface area contributed by atoms with Crippen LogP contribution in [0.2, 0.25) is 0 Å². The second kappa shape index (κ2) is 6.74. The Morgan fingerprint density at radius 1 is 1.00 bits per heavy atom. The smallest absolute Gasteiger partial charge is 0.240 e. The first-order chi connectivity index (χ1) is 12.4. The van der Waals surface area contributed by atoms with Gasteiger partial charge in [0, 0.05) is 11.8 Å². The minimum atomic E-state index is -1.22. The van der Waals surface area contributed by atoms with Crippen LogP contribution in [-0.4, -0.2) is 18.9 Å². The number of aryl methyl sites for hydroxylation is 1. The molecule has 26 heavy (non-hydrogen) atoms. The van der Waals surface area contributed by atoms with Gasteiger partial charge < -0.3 is 15.4 Å². The van der Waals surface area contributed by atoms with Crippen LogP contribution in [0.3, 0.4) is 0 Å². The molecule has 5 nitrogen and oxygen atoms in total. The molecule has 0 heterocycles. The van der Waals surface area contributed by atoms with E-state index in [1.807, 2.05) is 13.0 Å². The van der Waals surface area contributed by atoms with Crippen LogP contribution >= 0.6 is 0 Å². The predicted molar refractivity (Wildman–Crippen MR) is 93.0 cm³/mol. The molecule has 2 N–H and O–H groups in total. The third-order valence-corrected chi connectivity index (χ3v) is 4.40. The van der Waals surface area contributed by atoms with Gasteiger partial charge in [-0.2, -0.15) is 0 Å². The van der Waals surface area contributed by atoms with Crippen molar-refractivity contribution in [1.82, 2.24) is 0 Å². The fraction of sp³-hybridized carbons (Fsp3) is 0.263. The largest absolute Gasteiger partial charge is 0.495 e. The van der Waals surface area contributed by atoms with Crippen LogP contribution in [-0.2, 0) is 9.59 Å². The highest BCUT2D eigenvalue weighted by atomic mass is 19.2. The van der Waals surface area contributed by atoms with E-state index >= 15 is 0 Å². The van der Waals surface area contributed by atoms with E-state index in [-0.39, 0.29) is 5.69 Å². The zero-order chi connectivity index (χ0) is 18.9. The van der Waals surface area contributed by atoms with E-state index in [0.29, 0.717) is 24.3 Å². The van der Waals surface area contributed by atoms with Crippen LogP contribution < -0.4 is 15.4 Å². The van der Waals surface area contributed by atoms with E-state index in [9.17, 15) is 18.4 Å².